The van der Waals surface area contributed by atoms with Crippen LogP contribution in [0.5, 0.6) is 0 Å². The summed E-state index contributed by atoms with van der Waals surface area (Å²) in [6.07, 6.45) is 0. The van der Waals surface area contributed by atoms with Crippen molar-refractivity contribution in [2.24, 2.45) is 0 Å². The average molecular weight is 121 g/mol. The van der Waals surface area contributed by atoms with E-state index in [1.54, 1.807) is 5.37 Å². The Balaban J connectivity index is 2.99. The van der Waals surface area contributed by atoms with Gasteiger partial charge in [-0.1, -0.05) is 36.5 Å². The number of hydrogen-bond donors (Lipinski definition) is 0. The standard InChI is InChI=1S/C7H5S/c8-6-7-4-2-1-3-5-7/h2-6H. The van der Waals surface area contributed by atoms with Gasteiger partial charge in [0.2, 0.25) is 0 Å². The first-order valence-corrected chi connectivity index (χ1v) is 2.82. The molecule has 39 valence electrons. The highest BCUT2D eigenvalue weighted by Crippen LogP contribution is 1.91. The summed E-state index contributed by atoms with van der Waals surface area (Å²) < 4.78 is 0. The van der Waals surface area contributed by atoms with E-state index < -0.39 is 0 Å². The minimum Gasteiger partial charge on any atom is -0.0881 e. The van der Waals surface area contributed by atoms with Crippen LogP contribution in [0, 0.1) is 6.07 Å². The van der Waals surface area contributed by atoms with E-state index in [4.69, 9.17) is 0 Å². The predicted octanol–water partition coefficient (Wildman–Crippen LogP) is 1.83. The van der Waals surface area contributed by atoms with E-state index in [1.165, 1.54) is 0 Å². The lowest BCUT2D eigenvalue weighted by atomic mass is 10.2. The van der Waals surface area contributed by atoms with Crippen LogP contribution in [0.15, 0.2) is 24.3 Å². The molecule has 1 radical (unpaired) electrons. The number of hydrogen-bond acceptors (Lipinski definition) is 1. The van der Waals surface area contributed by atoms with Gasteiger partial charge in [0.25, 0.3) is 0 Å². The Hall–Kier alpha value is -0.690. The van der Waals surface area contributed by atoms with Gasteiger partial charge in [-0.15, -0.1) is 0 Å². The Labute approximate surface area is 54.2 Å². The van der Waals surface area contributed by atoms with Gasteiger partial charge in [-0.25, -0.2) is 0 Å². The van der Waals surface area contributed by atoms with Crippen LogP contribution in [0.3, 0.4) is 0 Å². The van der Waals surface area contributed by atoms with E-state index in [1.807, 2.05) is 24.3 Å². The molecule has 0 spiro atoms. The van der Waals surface area contributed by atoms with Crippen molar-refractivity contribution in [2.45, 2.75) is 0 Å². The second-order valence-corrected chi connectivity index (χ2v) is 1.69. The van der Waals surface area contributed by atoms with Crippen molar-refractivity contribution >= 4 is 17.6 Å². The van der Waals surface area contributed by atoms with Crippen LogP contribution in [-0.2, 0) is 0 Å². The topological polar surface area (TPSA) is 0 Å². The fraction of sp³-hybridized carbons (Fsp3) is 0. The van der Waals surface area contributed by atoms with Crippen molar-refractivity contribution < 1.29 is 0 Å². The van der Waals surface area contributed by atoms with Gasteiger partial charge in [0.05, 0.1) is 0 Å². The maximum Gasteiger partial charge on any atom is 0.00861 e. The zero-order valence-electron chi connectivity index (χ0n) is 4.29. The maximum atomic E-state index is 4.68. The average Bonchev–Trinajstić information content (AvgIpc) is 1.90. The molecular formula is C7H5S. The third-order valence-corrected chi connectivity index (χ3v) is 1.15. The van der Waals surface area contributed by atoms with Gasteiger partial charge < -0.3 is 0 Å². The molecule has 0 saturated heterocycles. The largest absolute Gasteiger partial charge is 0.0881 e. The molecule has 0 heterocycles. The Morgan fingerprint density at radius 3 is 2.38 bits per heavy atom. The number of benzene rings is 1. The molecule has 0 bridgehead atoms. The normalized spacial score (nSPS) is 8.50. The van der Waals surface area contributed by atoms with Gasteiger partial charge in [0.1, 0.15) is 0 Å². The van der Waals surface area contributed by atoms with Gasteiger partial charge in [-0.05, 0) is 11.6 Å². The van der Waals surface area contributed by atoms with Crippen LogP contribution in [0.2, 0.25) is 0 Å². The summed E-state index contributed by atoms with van der Waals surface area (Å²) >= 11 is 4.68. The van der Waals surface area contributed by atoms with Crippen molar-refractivity contribution in [1.29, 1.82) is 0 Å². The molecule has 0 unspecified atom stereocenters. The Morgan fingerprint density at radius 2 is 2.00 bits per heavy atom. The van der Waals surface area contributed by atoms with E-state index in [2.05, 4.69) is 18.3 Å². The van der Waals surface area contributed by atoms with Crippen LogP contribution in [0.25, 0.3) is 0 Å². The third kappa shape index (κ3) is 1.14. The first-order valence-electron chi connectivity index (χ1n) is 2.35. The van der Waals surface area contributed by atoms with E-state index >= 15 is 0 Å². The van der Waals surface area contributed by atoms with Crippen LogP contribution in [-0.4, -0.2) is 5.37 Å². The molecule has 8 heavy (non-hydrogen) atoms. The maximum absolute atomic E-state index is 4.68. The molecule has 1 aromatic rings. The second kappa shape index (κ2) is 2.58. The van der Waals surface area contributed by atoms with Crippen molar-refractivity contribution in [3.05, 3.63) is 35.9 Å². The highest BCUT2D eigenvalue weighted by Gasteiger charge is 1.77. The summed E-state index contributed by atoms with van der Waals surface area (Å²) in [5.74, 6) is 0. The lowest BCUT2D eigenvalue weighted by Crippen LogP contribution is -1.72. The van der Waals surface area contributed by atoms with Crippen molar-refractivity contribution in [3.8, 4) is 0 Å². The summed E-state index contributed by atoms with van der Waals surface area (Å²) in [5.41, 5.74) is 1.07. The summed E-state index contributed by atoms with van der Waals surface area (Å²) in [7, 11) is 0. The Kier molecular flexibility index (Phi) is 1.75. The SMILES string of the molecule is S=Cc1cc[c]cc1. The molecule has 0 nitrogen and oxygen atoms in total. The van der Waals surface area contributed by atoms with Crippen LogP contribution < -0.4 is 0 Å². The molecule has 0 atom stereocenters. The molecule has 0 fully saturated rings. The highest BCUT2D eigenvalue weighted by molar-refractivity contribution is 7.79. The fourth-order valence-corrected chi connectivity index (χ4v) is 0.635. The monoisotopic (exact) mass is 121 g/mol. The van der Waals surface area contributed by atoms with Gasteiger partial charge in [0.15, 0.2) is 0 Å². The third-order valence-electron chi connectivity index (χ3n) is 0.880. The summed E-state index contributed by atoms with van der Waals surface area (Å²) in [6.45, 7) is 0. The van der Waals surface area contributed by atoms with Crippen molar-refractivity contribution in [1.82, 2.24) is 0 Å². The highest BCUT2D eigenvalue weighted by atomic mass is 32.1. The van der Waals surface area contributed by atoms with Crippen molar-refractivity contribution in [3.63, 3.8) is 0 Å². The van der Waals surface area contributed by atoms with Gasteiger partial charge in [-0.3, -0.25) is 0 Å². The predicted molar refractivity (Wildman–Crippen MR) is 38.0 cm³/mol. The molecular weight excluding hydrogens is 116 g/mol. The van der Waals surface area contributed by atoms with E-state index in [0.29, 0.717) is 0 Å². The van der Waals surface area contributed by atoms with Gasteiger partial charge in [-0.2, -0.15) is 0 Å². The quantitative estimate of drug-likeness (QED) is 0.511. The Bertz CT molecular complexity index is 167. The molecule has 0 aliphatic heterocycles. The second-order valence-electron chi connectivity index (χ2n) is 1.45. The minimum absolute atomic E-state index is 1.07. The zero-order valence-corrected chi connectivity index (χ0v) is 5.11. The molecule has 0 aliphatic carbocycles. The summed E-state index contributed by atoms with van der Waals surface area (Å²) in [6, 6.07) is 10.4. The molecule has 0 amide bonds. The molecule has 0 aromatic heterocycles. The number of rotatable bonds is 1. The lowest BCUT2D eigenvalue weighted by molar-refractivity contribution is 1.67. The fourth-order valence-electron chi connectivity index (χ4n) is 0.478. The van der Waals surface area contributed by atoms with Gasteiger partial charge in [0, 0.05) is 5.37 Å². The molecule has 1 aromatic carbocycles. The number of thiocarbonyl (C=S) groups is 1. The van der Waals surface area contributed by atoms with Crippen LogP contribution >= 0.6 is 12.2 Å². The smallest absolute Gasteiger partial charge is 0.00861 e. The van der Waals surface area contributed by atoms with E-state index in [-0.39, 0.29) is 0 Å². The molecule has 1 rings (SSSR count). The molecule has 0 aliphatic rings. The van der Waals surface area contributed by atoms with Crippen LogP contribution in [0.4, 0.5) is 0 Å². The van der Waals surface area contributed by atoms with E-state index in [9.17, 15) is 0 Å². The first kappa shape index (κ1) is 5.45. The first-order chi connectivity index (χ1) is 3.93. The molecule has 1 heteroatoms. The summed E-state index contributed by atoms with van der Waals surface area (Å²) in [4.78, 5) is 0. The molecule has 0 saturated carbocycles. The van der Waals surface area contributed by atoms with Crippen molar-refractivity contribution in [2.75, 3.05) is 0 Å². The molecule has 0 N–H and O–H groups in total. The Morgan fingerprint density at radius 1 is 1.38 bits per heavy atom. The summed E-state index contributed by atoms with van der Waals surface area (Å²) in [5, 5.41) is 1.65. The van der Waals surface area contributed by atoms with Gasteiger partial charge >= 0.3 is 0 Å². The minimum atomic E-state index is 1.07. The zero-order chi connectivity index (χ0) is 5.82. The van der Waals surface area contributed by atoms with Crippen LogP contribution in [0.1, 0.15) is 5.56 Å². The van der Waals surface area contributed by atoms with E-state index in [0.717, 1.165) is 5.56 Å². The lowest BCUT2D eigenvalue weighted by Gasteiger charge is -1.83.